The lowest BCUT2D eigenvalue weighted by Crippen LogP contribution is -2.35. The summed E-state index contributed by atoms with van der Waals surface area (Å²) in [6.45, 7) is 4.48. The van der Waals surface area contributed by atoms with Crippen molar-refractivity contribution in [2.75, 3.05) is 19.6 Å². The molecule has 2 aromatic rings. The van der Waals surface area contributed by atoms with Gasteiger partial charge in [-0.3, -0.25) is 4.98 Å². The van der Waals surface area contributed by atoms with Crippen LogP contribution in [0.15, 0.2) is 47.5 Å². The Kier molecular flexibility index (Phi) is 3.90. The average Bonchev–Trinajstić information content (AvgIpc) is 2.97. The minimum absolute atomic E-state index is 0.264. The Bertz CT molecular complexity index is 866. The van der Waals surface area contributed by atoms with Crippen LogP contribution in [-0.2, 0) is 16.6 Å². The number of fused-ring (bicyclic) bond motifs is 3. The zero-order valence-corrected chi connectivity index (χ0v) is 14.5. The van der Waals surface area contributed by atoms with Gasteiger partial charge in [0.15, 0.2) is 0 Å². The lowest BCUT2D eigenvalue weighted by Gasteiger charge is -2.24. The quantitative estimate of drug-likeness (QED) is 0.905. The molecule has 126 valence electrons. The molecule has 6 heteroatoms. The molecule has 2 aliphatic heterocycles. The summed E-state index contributed by atoms with van der Waals surface area (Å²) in [7, 11) is -3.52. The lowest BCUT2D eigenvalue weighted by molar-refractivity contribution is 0.349. The maximum Gasteiger partial charge on any atom is 0.243 e. The molecule has 0 spiro atoms. The van der Waals surface area contributed by atoms with Crippen LogP contribution in [0.25, 0.3) is 0 Å². The van der Waals surface area contributed by atoms with E-state index in [-0.39, 0.29) is 5.92 Å². The summed E-state index contributed by atoms with van der Waals surface area (Å²) in [5, 5.41) is 3.39. The van der Waals surface area contributed by atoms with Crippen LogP contribution < -0.4 is 5.32 Å². The molecule has 2 aliphatic rings. The maximum absolute atomic E-state index is 13.2. The SMILES string of the molecule is Cc1ccccc1S(=O)(=O)N1Cc2cccnc2[C@@H]2CNC[C@H]2C1. The Morgan fingerprint density at radius 2 is 2.00 bits per heavy atom. The molecule has 1 N–H and O–H groups in total. The average molecular weight is 343 g/mol. The van der Waals surface area contributed by atoms with E-state index in [1.165, 1.54) is 0 Å². The fourth-order valence-electron chi connectivity index (χ4n) is 3.85. The first-order valence-corrected chi connectivity index (χ1v) is 9.71. The van der Waals surface area contributed by atoms with Gasteiger partial charge >= 0.3 is 0 Å². The molecule has 1 aromatic carbocycles. The van der Waals surface area contributed by atoms with Gasteiger partial charge in [-0.25, -0.2) is 8.42 Å². The standard InChI is InChI=1S/C18H21N3O2S/c1-13-5-2-3-7-17(13)24(22,23)21-11-14-6-4-8-20-18(14)16-10-19-9-15(16)12-21/h2-8,15-16,19H,9-12H2,1H3/t15-,16+/m0/s1. The molecule has 4 rings (SSSR count). The van der Waals surface area contributed by atoms with Crippen LogP contribution in [0.1, 0.15) is 22.7 Å². The first-order valence-electron chi connectivity index (χ1n) is 8.27. The minimum atomic E-state index is -3.52. The Hall–Kier alpha value is -1.76. The molecule has 0 bridgehead atoms. The Balaban J connectivity index is 1.78. The summed E-state index contributed by atoms with van der Waals surface area (Å²) in [5.41, 5.74) is 2.86. The zero-order chi connectivity index (χ0) is 16.7. The number of nitrogens with zero attached hydrogens (tertiary/aromatic N) is 2. The number of pyridine rings is 1. The smallest absolute Gasteiger partial charge is 0.243 e. The third kappa shape index (κ3) is 2.55. The van der Waals surface area contributed by atoms with Gasteiger partial charge in [-0.1, -0.05) is 24.3 Å². The van der Waals surface area contributed by atoms with Crippen molar-refractivity contribution in [3.8, 4) is 0 Å². The highest BCUT2D eigenvalue weighted by molar-refractivity contribution is 7.89. The summed E-state index contributed by atoms with van der Waals surface area (Å²) in [6.07, 6.45) is 1.81. The van der Waals surface area contributed by atoms with Crippen LogP contribution in [-0.4, -0.2) is 37.3 Å². The highest BCUT2D eigenvalue weighted by Gasteiger charge is 2.39. The first-order chi connectivity index (χ1) is 11.6. The minimum Gasteiger partial charge on any atom is -0.316 e. The van der Waals surface area contributed by atoms with E-state index in [9.17, 15) is 8.42 Å². The molecule has 0 amide bonds. The summed E-state index contributed by atoms with van der Waals surface area (Å²) < 4.78 is 28.1. The van der Waals surface area contributed by atoms with Crippen molar-refractivity contribution in [3.05, 3.63) is 59.4 Å². The van der Waals surface area contributed by atoms with Gasteiger partial charge in [0, 0.05) is 37.4 Å². The van der Waals surface area contributed by atoms with Crippen molar-refractivity contribution < 1.29 is 8.42 Å². The van der Waals surface area contributed by atoms with Gasteiger partial charge in [0.05, 0.1) is 4.90 Å². The fourth-order valence-corrected chi connectivity index (χ4v) is 5.55. The van der Waals surface area contributed by atoms with Gasteiger partial charge in [0.1, 0.15) is 0 Å². The molecule has 1 aromatic heterocycles. The highest BCUT2D eigenvalue weighted by atomic mass is 32.2. The monoisotopic (exact) mass is 343 g/mol. The second-order valence-corrected chi connectivity index (χ2v) is 8.54. The molecule has 3 heterocycles. The Morgan fingerprint density at radius 3 is 2.83 bits per heavy atom. The van der Waals surface area contributed by atoms with E-state index in [2.05, 4.69) is 10.3 Å². The molecule has 1 fully saturated rings. The zero-order valence-electron chi connectivity index (χ0n) is 13.6. The van der Waals surface area contributed by atoms with E-state index in [1.54, 1.807) is 22.6 Å². The van der Waals surface area contributed by atoms with Crippen LogP contribution in [0.5, 0.6) is 0 Å². The topological polar surface area (TPSA) is 62.3 Å². The summed E-state index contributed by atoms with van der Waals surface area (Å²) in [6, 6.07) is 11.1. The second-order valence-electron chi connectivity index (χ2n) is 6.64. The molecule has 2 atom stereocenters. The third-order valence-electron chi connectivity index (χ3n) is 5.11. The van der Waals surface area contributed by atoms with E-state index in [1.807, 2.05) is 31.2 Å². The van der Waals surface area contributed by atoms with E-state index < -0.39 is 10.0 Å². The van der Waals surface area contributed by atoms with Crippen molar-refractivity contribution >= 4 is 10.0 Å². The number of aromatic nitrogens is 1. The number of sulfonamides is 1. The molecule has 5 nitrogen and oxygen atoms in total. The second kappa shape index (κ2) is 5.95. The Labute approximate surface area is 142 Å². The van der Waals surface area contributed by atoms with Crippen LogP contribution in [0.2, 0.25) is 0 Å². The van der Waals surface area contributed by atoms with Crippen molar-refractivity contribution in [1.82, 2.24) is 14.6 Å². The normalized spacial score (nSPS) is 24.2. The number of nitrogens with one attached hydrogen (secondary N) is 1. The molecule has 0 aliphatic carbocycles. The molecule has 0 radical (unpaired) electrons. The Morgan fingerprint density at radius 1 is 1.17 bits per heavy atom. The van der Waals surface area contributed by atoms with E-state index in [0.29, 0.717) is 23.9 Å². The van der Waals surface area contributed by atoms with E-state index >= 15 is 0 Å². The maximum atomic E-state index is 13.2. The van der Waals surface area contributed by atoms with Gasteiger partial charge in [-0.05, 0) is 42.6 Å². The first kappa shape index (κ1) is 15.7. The summed E-state index contributed by atoms with van der Waals surface area (Å²) in [4.78, 5) is 4.97. The molecule has 24 heavy (non-hydrogen) atoms. The molecular formula is C18H21N3O2S. The van der Waals surface area contributed by atoms with Gasteiger partial charge in [0.25, 0.3) is 0 Å². The molecule has 0 saturated carbocycles. The van der Waals surface area contributed by atoms with Gasteiger partial charge < -0.3 is 5.32 Å². The third-order valence-corrected chi connectivity index (χ3v) is 7.09. The fraction of sp³-hybridized carbons (Fsp3) is 0.389. The lowest BCUT2D eigenvalue weighted by atomic mass is 9.91. The number of hydrogen-bond acceptors (Lipinski definition) is 4. The number of hydrogen-bond donors (Lipinski definition) is 1. The van der Waals surface area contributed by atoms with Crippen LogP contribution >= 0.6 is 0 Å². The number of rotatable bonds is 2. The summed E-state index contributed by atoms with van der Waals surface area (Å²) in [5.74, 6) is 0.554. The van der Waals surface area contributed by atoms with Crippen LogP contribution in [0, 0.1) is 12.8 Å². The predicted octanol–water partition coefficient (Wildman–Crippen LogP) is 1.90. The highest BCUT2D eigenvalue weighted by Crippen LogP contribution is 2.35. The molecular weight excluding hydrogens is 322 g/mol. The predicted molar refractivity (Wildman–Crippen MR) is 92.1 cm³/mol. The van der Waals surface area contributed by atoms with Gasteiger partial charge in [-0.2, -0.15) is 4.31 Å². The van der Waals surface area contributed by atoms with Gasteiger partial charge in [0.2, 0.25) is 10.0 Å². The molecule has 0 unspecified atom stereocenters. The van der Waals surface area contributed by atoms with Crippen LogP contribution in [0.4, 0.5) is 0 Å². The van der Waals surface area contributed by atoms with E-state index in [4.69, 9.17) is 0 Å². The van der Waals surface area contributed by atoms with Crippen molar-refractivity contribution in [2.24, 2.45) is 5.92 Å². The van der Waals surface area contributed by atoms with Crippen LogP contribution in [0.3, 0.4) is 0 Å². The van der Waals surface area contributed by atoms with E-state index in [0.717, 1.165) is 29.9 Å². The number of aryl methyl sites for hydroxylation is 1. The largest absolute Gasteiger partial charge is 0.316 e. The number of benzene rings is 1. The van der Waals surface area contributed by atoms with Crippen molar-refractivity contribution in [2.45, 2.75) is 24.3 Å². The van der Waals surface area contributed by atoms with Crippen molar-refractivity contribution in [1.29, 1.82) is 0 Å². The molecule has 1 saturated heterocycles. The summed E-state index contributed by atoms with van der Waals surface area (Å²) >= 11 is 0. The van der Waals surface area contributed by atoms with Crippen molar-refractivity contribution in [3.63, 3.8) is 0 Å². The van der Waals surface area contributed by atoms with Gasteiger partial charge in [-0.15, -0.1) is 0 Å².